The van der Waals surface area contributed by atoms with Gasteiger partial charge in [-0.3, -0.25) is 0 Å². The summed E-state index contributed by atoms with van der Waals surface area (Å²) in [6, 6.07) is 0. The second-order valence-electron chi connectivity index (χ2n) is 5.24. The number of halogens is 3. The molecule has 1 rings (SSSR count). The molecule has 0 spiro atoms. The zero-order valence-corrected chi connectivity index (χ0v) is 12.4. The first-order valence-corrected chi connectivity index (χ1v) is 7.20. The Bertz CT molecular complexity index is 361. The summed E-state index contributed by atoms with van der Waals surface area (Å²) in [5.41, 5.74) is -0.625. The molecule has 0 fully saturated rings. The Labute approximate surface area is 118 Å². The van der Waals surface area contributed by atoms with Crippen LogP contribution in [0.25, 0.3) is 0 Å². The molecule has 116 valence electrons. The van der Waals surface area contributed by atoms with Crippen molar-refractivity contribution >= 4 is 5.96 Å². The number of nitrogens with zero attached hydrogens (tertiary/aromatic N) is 2. The van der Waals surface area contributed by atoms with Crippen LogP contribution in [0.1, 0.15) is 40.0 Å². The van der Waals surface area contributed by atoms with E-state index in [1.54, 1.807) is 0 Å². The number of hydrogen-bond donors (Lipinski definition) is 1. The molecule has 0 aromatic heterocycles. The van der Waals surface area contributed by atoms with E-state index in [2.05, 4.69) is 31.1 Å². The van der Waals surface area contributed by atoms with Crippen molar-refractivity contribution in [2.75, 3.05) is 19.6 Å². The van der Waals surface area contributed by atoms with E-state index in [1.165, 1.54) is 0 Å². The van der Waals surface area contributed by atoms with Gasteiger partial charge in [-0.1, -0.05) is 27.2 Å². The molecule has 1 heterocycles. The van der Waals surface area contributed by atoms with Gasteiger partial charge in [-0.2, -0.15) is 13.2 Å². The van der Waals surface area contributed by atoms with Crippen LogP contribution in [0.3, 0.4) is 0 Å². The minimum atomic E-state index is -4.30. The van der Waals surface area contributed by atoms with Crippen molar-refractivity contribution in [1.29, 1.82) is 0 Å². The maximum absolute atomic E-state index is 12.5. The fourth-order valence-corrected chi connectivity index (χ4v) is 1.94. The number of hydrogen-bond acceptors (Lipinski definition) is 3. The van der Waals surface area contributed by atoms with Crippen LogP contribution in [-0.4, -0.2) is 36.7 Å². The van der Waals surface area contributed by atoms with Gasteiger partial charge >= 0.3 is 6.18 Å². The maximum Gasteiger partial charge on any atom is 0.415 e. The van der Waals surface area contributed by atoms with E-state index in [4.69, 9.17) is 0 Å². The normalized spacial score (nSPS) is 17.1. The molecule has 0 aromatic rings. The van der Waals surface area contributed by atoms with Gasteiger partial charge in [0.1, 0.15) is 0 Å². The smallest absolute Gasteiger partial charge is 0.343 e. The minimum Gasteiger partial charge on any atom is -0.343 e. The summed E-state index contributed by atoms with van der Waals surface area (Å²) in [5.74, 6) is 1.17. The summed E-state index contributed by atoms with van der Waals surface area (Å²) in [4.78, 5) is 6.08. The Balaban J connectivity index is 2.59. The average Bonchev–Trinajstić information content (AvgIpc) is 2.42. The van der Waals surface area contributed by atoms with Crippen LogP contribution in [-0.2, 0) is 0 Å². The highest BCUT2D eigenvalue weighted by Crippen LogP contribution is 2.26. The van der Waals surface area contributed by atoms with Gasteiger partial charge in [0.05, 0.1) is 12.1 Å². The molecule has 20 heavy (non-hydrogen) atoms. The second-order valence-corrected chi connectivity index (χ2v) is 5.24. The van der Waals surface area contributed by atoms with Gasteiger partial charge in [-0.25, -0.2) is 4.99 Å². The van der Waals surface area contributed by atoms with Crippen molar-refractivity contribution in [3.05, 3.63) is 11.8 Å². The Kier molecular flexibility index (Phi) is 6.36. The summed E-state index contributed by atoms with van der Waals surface area (Å²) in [6.07, 6.45) is -0.190. The summed E-state index contributed by atoms with van der Waals surface area (Å²) in [5, 5.41) is 2.70. The SMILES string of the molecule is CCCN(CCC(C)CC)C1=NCC(C(F)(F)F)=CN1. The molecule has 1 unspecified atom stereocenters. The first-order chi connectivity index (χ1) is 9.38. The molecule has 6 heteroatoms. The lowest BCUT2D eigenvalue weighted by molar-refractivity contribution is -0.0926. The third-order valence-electron chi connectivity index (χ3n) is 3.52. The van der Waals surface area contributed by atoms with Gasteiger partial charge in [-0.05, 0) is 18.8 Å². The second kappa shape index (κ2) is 7.55. The van der Waals surface area contributed by atoms with Crippen molar-refractivity contribution in [2.45, 2.75) is 46.2 Å². The number of rotatable bonds is 6. The molecule has 0 aliphatic carbocycles. The number of nitrogens with one attached hydrogen (secondary N) is 1. The first-order valence-electron chi connectivity index (χ1n) is 7.20. The molecule has 0 amide bonds. The van der Waals surface area contributed by atoms with E-state index in [0.29, 0.717) is 11.9 Å². The monoisotopic (exact) mass is 291 g/mol. The minimum absolute atomic E-state index is 0.296. The predicted molar refractivity (Wildman–Crippen MR) is 75.5 cm³/mol. The van der Waals surface area contributed by atoms with Gasteiger partial charge in [0.15, 0.2) is 5.96 Å². The molecule has 0 bridgehead atoms. The lowest BCUT2D eigenvalue weighted by atomic mass is 10.1. The highest BCUT2D eigenvalue weighted by atomic mass is 19.4. The molecule has 0 aromatic carbocycles. The zero-order valence-electron chi connectivity index (χ0n) is 12.4. The van der Waals surface area contributed by atoms with E-state index in [-0.39, 0.29) is 6.54 Å². The summed E-state index contributed by atoms with van der Waals surface area (Å²) >= 11 is 0. The van der Waals surface area contributed by atoms with Crippen LogP contribution < -0.4 is 5.32 Å². The van der Waals surface area contributed by atoms with Gasteiger partial charge in [0.2, 0.25) is 0 Å². The van der Waals surface area contributed by atoms with E-state index in [9.17, 15) is 13.2 Å². The standard InChI is InChI=1S/C14H24F3N3/c1-4-7-20(8-6-11(3)5-2)13-18-9-12(10-19-13)14(15,16)17/h9,11H,4-8,10H2,1-3H3,(H,18,19). The third-order valence-corrected chi connectivity index (χ3v) is 3.52. The van der Waals surface area contributed by atoms with Crippen molar-refractivity contribution in [2.24, 2.45) is 10.9 Å². The van der Waals surface area contributed by atoms with Crippen molar-refractivity contribution < 1.29 is 13.2 Å². The fraction of sp³-hybridized carbons (Fsp3) is 0.786. The van der Waals surface area contributed by atoms with E-state index >= 15 is 0 Å². The Morgan fingerprint density at radius 3 is 2.50 bits per heavy atom. The summed E-state index contributed by atoms with van der Waals surface area (Å²) in [6.45, 7) is 7.71. The number of guanidine groups is 1. The lowest BCUT2D eigenvalue weighted by Crippen LogP contribution is -2.43. The molecule has 1 atom stereocenters. The van der Waals surface area contributed by atoms with Crippen LogP contribution >= 0.6 is 0 Å². The quantitative estimate of drug-likeness (QED) is 0.810. The van der Waals surface area contributed by atoms with Gasteiger partial charge in [0, 0.05) is 19.3 Å². The van der Waals surface area contributed by atoms with Crippen molar-refractivity contribution in [3.63, 3.8) is 0 Å². The topological polar surface area (TPSA) is 27.6 Å². The molecular formula is C14H24F3N3. The van der Waals surface area contributed by atoms with Crippen LogP contribution in [0.2, 0.25) is 0 Å². The Morgan fingerprint density at radius 2 is 2.05 bits per heavy atom. The summed E-state index contributed by atoms with van der Waals surface area (Å²) in [7, 11) is 0. The van der Waals surface area contributed by atoms with Crippen LogP contribution in [0.15, 0.2) is 16.8 Å². The lowest BCUT2D eigenvalue weighted by Gasteiger charge is -2.29. The molecule has 0 radical (unpaired) electrons. The summed E-state index contributed by atoms with van der Waals surface area (Å²) < 4.78 is 37.6. The van der Waals surface area contributed by atoms with E-state index in [0.717, 1.165) is 38.6 Å². The van der Waals surface area contributed by atoms with Crippen LogP contribution in [0, 0.1) is 5.92 Å². The van der Waals surface area contributed by atoms with E-state index in [1.807, 2.05) is 4.90 Å². The highest BCUT2D eigenvalue weighted by molar-refractivity contribution is 5.82. The van der Waals surface area contributed by atoms with Crippen molar-refractivity contribution in [1.82, 2.24) is 10.2 Å². The van der Waals surface area contributed by atoms with Crippen molar-refractivity contribution in [3.8, 4) is 0 Å². The largest absolute Gasteiger partial charge is 0.415 e. The molecular weight excluding hydrogens is 267 g/mol. The number of aliphatic imine (C=N–C) groups is 1. The Hall–Kier alpha value is -1.20. The molecule has 1 aliphatic heterocycles. The molecule has 1 aliphatic rings. The average molecular weight is 291 g/mol. The fourth-order valence-electron chi connectivity index (χ4n) is 1.94. The predicted octanol–water partition coefficient (Wildman–Crippen LogP) is 3.54. The zero-order chi connectivity index (χ0) is 15.2. The number of alkyl halides is 3. The highest BCUT2D eigenvalue weighted by Gasteiger charge is 2.34. The van der Waals surface area contributed by atoms with Crippen LogP contribution in [0.5, 0.6) is 0 Å². The molecule has 0 saturated heterocycles. The van der Waals surface area contributed by atoms with Gasteiger partial charge in [0.25, 0.3) is 0 Å². The molecule has 1 N–H and O–H groups in total. The van der Waals surface area contributed by atoms with E-state index < -0.39 is 11.7 Å². The van der Waals surface area contributed by atoms with Gasteiger partial charge in [-0.15, -0.1) is 0 Å². The maximum atomic E-state index is 12.5. The van der Waals surface area contributed by atoms with Crippen LogP contribution in [0.4, 0.5) is 13.2 Å². The van der Waals surface area contributed by atoms with Gasteiger partial charge < -0.3 is 10.2 Å². The first kappa shape index (κ1) is 16.9. The molecule has 3 nitrogen and oxygen atoms in total. The Morgan fingerprint density at radius 1 is 1.35 bits per heavy atom. The molecule has 0 saturated carbocycles. The third kappa shape index (κ3) is 5.06.